The van der Waals surface area contributed by atoms with E-state index in [1.165, 1.54) is 109 Å². The number of hydrogen-bond donors (Lipinski definition) is 2. The number of aliphatic carboxylic acids is 1. The molecule has 5 aliphatic heterocycles. The lowest BCUT2D eigenvalue weighted by molar-refractivity contribution is -0.142. The average molecular weight is 985 g/mol. The third-order valence-electron chi connectivity index (χ3n) is 20.7. The topological polar surface area (TPSA) is 126 Å². The van der Waals surface area contributed by atoms with Gasteiger partial charge in [-0.2, -0.15) is 0 Å². The van der Waals surface area contributed by atoms with Gasteiger partial charge in [0.25, 0.3) is 0 Å². The zero-order valence-corrected chi connectivity index (χ0v) is 43.1. The van der Waals surface area contributed by atoms with E-state index in [1.54, 1.807) is 6.07 Å². The summed E-state index contributed by atoms with van der Waals surface area (Å²) >= 11 is 0. The summed E-state index contributed by atoms with van der Waals surface area (Å²) < 4.78 is 6.28. The van der Waals surface area contributed by atoms with E-state index in [-0.39, 0.29) is 37.0 Å². The van der Waals surface area contributed by atoms with Crippen molar-refractivity contribution in [1.82, 2.24) is 20.0 Å². The van der Waals surface area contributed by atoms with Gasteiger partial charge in [-0.15, -0.1) is 0 Å². The van der Waals surface area contributed by atoms with E-state index in [0.717, 1.165) is 74.3 Å². The molecule has 2 aromatic carbocycles. The standard InChI is InChI=1S/C60H84N6O6/c67-56(65(44-14-2-1-3-15-44)52-33-45-16-6-17-46(34-52)64(45)51-31-42-12-5-13-43(28-42)32-51)38-61-60(25-26-60)59(71)72-54-21-8-20-49(37-54)66(57(68)39-62-27-9-22-55(62)58(69)70)53-35-47-18-7-19-48(36-53)63(47)50-29-40-10-4-11-41(30-50)24-23-40/h1-3,8,14-15,20-21,37,40-43,45-48,50-53,55,61H,4-7,9-13,16-19,22-36,38-39H2,(H,69,70)/t40-,41-,42-,43+,45-,46+,47-,48+,51?,52?,53?,55?/m1/s1. The molecule has 12 nitrogen and oxygen atoms in total. The van der Waals surface area contributed by atoms with Crippen molar-refractivity contribution in [3.8, 4) is 5.75 Å². The second-order valence-electron chi connectivity index (χ2n) is 25.2. The van der Waals surface area contributed by atoms with E-state index in [4.69, 9.17) is 4.74 Å². The van der Waals surface area contributed by atoms with Crippen LogP contribution in [-0.4, -0.2) is 123 Å². The molecule has 12 rings (SSSR count). The number of hydrogen-bond acceptors (Lipinski definition) is 9. The molecular weight excluding hydrogens is 901 g/mol. The predicted octanol–water partition coefficient (Wildman–Crippen LogP) is 9.73. The molecule has 5 saturated heterocycles. The first-order chi connectivity index (χ1) is 35.1. The predicted molar refractivity (Wildman–Crippen MR) is 280 cm³/mol. The molecule has 5 saturated carbocycles. The van der Waals surface area contributed by atoms with Gasteiger partial charge in [0.2, 0.25) is 11.8 Å². The molecule has 10 fully saturated rings. The third-order valence-corrected chi connectivity index (χ3v) is 20.7. The highest BCUT2D eigenvalue weighted by Gasteiger charge is 2.53. The van der Waals surface area contributed by atoms with Gasteiger partial charge in [-0.25, -0.2) is 4.79 Å². The fourth-order valence-electron chi connectivity index (χ4n) is 17.4. The number of nitrogens with one attached hydrogen (secondary N) is 1. The molecule has 5 aliphatic carbocycles. The molecule has 0 spiro atoms. The van der Waals surface area contributed by atoms with Gasteiger partial charge < -0.3 is 19.6 Å². The number of carbonyl (C=O) groups is 4. The van der Waals surface area contributed by atoms with Crippen LogP contribution in [0.25, 0.3) is 0 Å². The molecule has 0 radical (unpaired) electrons. The highest BCUT2D eigenvalue weighted by Crippen LogP contribution is 2.49. The Morgan fingerprint density at radius 2 is 1.08 bits per heavy atom. The van der Waals surface area contributed by atoms with Crippen LogP contribution in [0.4, 0.5) is 11.4 Å². The van der Waals surface area contributed by atoms with Gasteiger partial charge in [0, 0.05) is 65.8 Å². The Morgan fingerprint density at radius 1 is 0.556 bits per heavy atom. The molecule has 2 amide bonds. The second-order valence-corrected chi connectivity index (χ2v) is 25.2. The molecular formula is C60H84N6O6. The lowest BCUT2D eigenvalue weighted by Gasteiger charge is -2.56. The lowest BCUT2D eigenvalue weighted by Crippen LogP contribution is -2.62. The Hall–Kier alpha value is -3.84. The molecule has 10 aliphatic rings. The number of fused-ring (bicyclic) bond motifs is 9. The van der Waals surface area contributed by atoms with Crippen LogP contribution in [0.3, 0.4) is 0 Å². The van der Waals surface area contributed by atoms with Crippen molar-refractivity contribution < 1.29 is 29.0 Å². The highest BCUT2D eigenvalue weighted by atomic mass is 16.5. The number of carboxylic acid groups (broad SMARTS) is 1. The molecule has 12 atom stereocenters. The number of esters is 1. The van der Waals surface area contributed by atoms with Gasteiger partial charge in [-0.1, -0.05) is 88.5 Å². The first-order valence-electron chi connectivity index (χ1n) is 29.4. The first-order valence-corrected chi connectivity index (χ1v) is 29.4. The summed E-state index contributed by atoms with van der Waals surface area (Å²) in [6.45, 7) is 0.681. The van der Waals surface area contributed by atoms with E-state index in [0.29, 0.717) is 73.5 Å². The first kappa shape index (κ1) is 49.1. The van der Waals surface area contributed by atoms with Crippen molar-refractivity contribution in [2.75, 3.05) is 29.4 Å². The summed E-state index contributed by atoms with van der Waals surface area (Å²) in [7, 11) is 0. The number of carbonyl (C=O) groups excluding carboxylic acids is 3. The number of nitrogens with zero attached hydrogens (tertiary/aromatic N) is 5. The molecule has 390 valence electrons. The number of piperidine rings is 4. The second kappa shape index (κ2) is 21.1. The van der Waals surface area contributed by atoms with Gasteiger partial charge in [-0.3, -0.25) is 34.4 Å². The fraction of sp³-hybridized carbons (Fsp3) is 0.733. The quantitative estimate of drug-likeness (QED) is 0.140. The van der Waals surface area contributed by atoms with Crippen LogP contribution in [-0.2, 0) is 19.2 Å². The minimum Gasteiger partial charge on any atom is -0.480 e. The number of benzene rings is 2. The minimum atomic E-state index is -0.954. The number of carboxylic acids is 1. The van der Waals surface area contributed by atoms with E-state index >= 15 is 0 Å². The number of amides is 2. The normalized spacial score (nSPS) is 35.7. The molecule has 12 heteroatoms. The zero-order valence-electron chi connectivity index (χ0n) is 43.1. The van der Waals surface area contributed by atoms with E-state index in [2.05, 4.69) is 32.1 Å². The Labute approximate surface area is 429 Å². The van der Waals surface area contributed by atoms with Gasteiger partial charge in [0.05, 0.1) is 13.1 Å². The van der Waals surface area contributed by atoms with Gasteiger partial charge >= 0.3 is 11.9 Å². The molecule has 5 heterocycles. The largest absolute Gasteiger partial charge is 0.480 e. The number of rotatable bonds is 14. The van der Waals surface area contributed by atoms with Crippen molar-refractivity contribution in [1.29, 1.82) is 0 Å². The lowest BCUT2D eigenvalue weighted by atomic mass is 9.68. The molecule has 0 aromatic heterocycles. The fourth-order valence-corrected chi connectivity index (χ4v) is 17.4. The van der Waals surface area contributed by atoms with Crippen molar-refractivity contribution in [3.05, 3.63) is 54.6 Å². The van der Waals surface area contributed by atoms with Gasteiger partial charge in [0.1, 0.15) is 17.3 Å². The summed E-state index contributed by atoms with van der Waals surface area (Å²) in [5, 5.41) is 13.5. The van der Waals surface area contributed by atoms with Crippen LogP contribution in [0.15, 0.2) is 54.6 Å². The van der Waals surface area contributed by atoms with Crippen LogP contribution in [0.2, 0.25) is 0 Å². The number of anilines is 2. The Kier molecular flexibility index (Phi) is 14.3. The zero-order chi connectivity index (χ0) is 48.9. The monoisotopic (exact) mass is 985 g/mol. The maximum atomic E-state index is 14.9. The smallest absolute Gasteiger partial charge is 0.331 e. The summed E-state index contributed by atoms with van der Waals surface area (Å²) in [5.74, 6) is 2.49. The van der Waals surface area contributed by atoms with Crippen molar-refractivity contribution >= 4 is 35.1 Å². The van der Waals surface area contributed by atoms with Crippen molar-refractivity contribution in [2.24, 2.45) is 23.7 Å². The highest BCUT2D eigenvalue weighted by molar-refractivity contribution is 5.97. The van der Waals surface area contributed by atoms with E-state index < -0.39 is 23.5 Å². The summed E-state index contributed by atoms with van der Waals surface area (Å²) in [6.07, 6.45) is 31.3. The third kappa shape index (κ3) is 10.2. The van der Waals surface area contributed by atoms with E-state index in [9.17, 15) is 24.3 Å². The molecule has 4 unspecified atom stereocenters. The van der Waals surface area contributed by atoms with Crippen LogP contribution >= 0.6 is 0 Å². The number of para-hydroxylation sites is 1. The Morgan fingerprint density at radius 3 is 1.65 bits per heavy atom. The average Bonchev–Trinajstić information content (AvgIpc) is 4.11. The molecule has 72 heavy (non-hydrogen) atoms. The van der Waals surface area contributed by atoms with Crippen molar-refractivity contribution in [3.63, 3.8) is 0 Å². The number of likely N-dealkylation sites (tertiary alicyclic amines) is 1. The van der Waals surface area contributed by atoms with Crippen molar-refractivity contribution in [2.45, 2.75) is 233 Å². The van der Waals surface area contributed by atoms with Gasteiger partial charge in [0.15, 0.2) is 0 Å². The van der Waals surface area contributed by atoms with Crippen LogP contribution in [0.5, 0.6) is 5.75 Å². The Bertz CT molecular complexity index is 2220. The maximum absolute atomic E-state index is 14.9. The minimum absolute atomic E-state index is 0.000926. The van der Waals surface area contributed by atoms with Crippen LogP contribution in [0.1, 0.15) is 173 Å². The maximum Gasteiger partial charge on any atom is 0.331 e. The summed E-state index contributed by atoms with van der Waals surface area (Å²) in [6, 6.07) is 20.2. The van der Waals surface area contributed by atoms with E-state index in [1.807, 2.05) is 46.2 Å². The Balaban J connectivity index is 0.739. The van der Waals surface area contributed by atoms with Gasteiger partial charge in [-0.05, 0) is 164 Å². The summed E-state index contributed by atoms with van der Waals surface area (Å²) in [4.78, 5) is 68.0. The van der Waals surface area contributed by atoms with Crippen LogP contribution in [0, 0.1) is 23.7 Å². The molecule has 8 bridgehead atoms. The molecule has 2 N–H and O–H groups in total. The number of ether oxygens (including phenoxy) is 1. The summed E-state index contributed by atoms with van der Waals surface area (Å²) in [5.41, 5.74) is 0.677. The van der Waals surface area contributed by atoms with Crippen LogP contribution < -0.4 is 19.9 Å². The SMILES string of the molecule is O=C(O)C1CCCN1CC(=O)N(c1cccc(OC(=O)C2(NCC(=O)N(c3ccccc3)C3C[C@H]4CCC[C@@H](C3)N4C3C[C@H]4CCC[C@@H](C3)C4)CC2)c1)C1C[C@H]2CCC[C@@H](C1)N2C1C[C@@H]2CCC[C@H](CC2)C1. The molecule has 2 aromatic rings.